The van der Waals surface area contributed by atoms with Crippen molar-refractivity contribution in [3.8, 4) is 0 Å². The van der Waals surface area contributed by atoms with Gasteiger partial charge in [0.1, 0.15) is 5.70 Å². The number of piperidine rings is 1. The second-order valence-electron chi connectivity index (χ2n) is 8.23. The minimum Gasteiger partial charge on any atom is -0.372 e. The number of carbonyl (C=O) groups excluding carboxylic acids is 2. The minimum atomic E-state index is -0.331. The monoisotopic (exact) mass is 443 g/mol. The maximum atomic E-state index is 13.4. The maximum absolute atomic E-state index is 13.4. The zero-order valence-electron chi connectivity index (χ0n) is 18.0. The molecule has 1 aromatic heterocycles. The van der Waals surface area contributed by atoms with Crippen LogP contribution in [0.2, 0.25) is 0 Å². The lowest BCUT2D eigenvalue weighted by Gasteiger charge is -2.28. The van der Waals surface area contributed by atoms with E-state index in [0.29, 0.717) is 17.0 Å². The SMILES string of the molecule is Cc1ccc(N2C(=O)C(Nc3ccc(N4CCCCC4)cc3)=C(c3cccs3)C2=O)cc1. The average Bonchev–Trinajstić information content (AvgIpc) is 3.42. The Labute approximate surface area is 192 Å². The predicted octanol–water partition coefficient (Wildman–Crippen LogP) is 5.44. The molecule has 5 rings (SSSR count). The van der Waals surface area contributed by atoms with Gasteiger partial charge in [0.2, 0.25) is 0 Å². The number of imide groups is 1. The smallest absolute Gasteiger partial charge is 0.282 e. The number of rotatable bonds is 5. The molecule has 3 heterocycles. The fraction of sp³-hybridized carbons (Fsp3) is 0.231. The van der Waals surface area contributed by atoms with Gasteiger partial charge in [-0.15, -0.1) is 11.3 Å². The molecular formula is C26H25N3O2S. The molecule has 162 valence electrons. The molecule has 0 radical (unpaired) electrons. The van der Waals surface area contributed by atoms with Crippen molar-refractivity contribution in [2.75, 3.05) is 28.2 Å². The van der Waals surface area contributed by atoms with Crippen LogP contribution in [-0.4, -0.2) is 24.9 Å². The number of hydrogen-bond acceptors (Lipinski definition) is 5. The summed E-state index contributed by atoms with van der Waals surface area (Å²) in [4.78, 5) is 31.2. The Bertz CT molecular complexity index is 1160. The van der Waals surface area contributed by atoms with Crippen molar-refractivity contribution in [3.63, 3.8) is 0 Å². The van der Waals surface area contributed by atoms with E-state index in [1.165, 1.54) is 41.2 Å². The summed E-state index contributed by atoms with van der Waals surface area (Å²) in [6, 6.07) is 19.3. The third-order valence-electron chi connectivity index (χ3n) is 6.00. The van der Waals surface area contributed by atoms with Gasteiger partial charge >= 0.3 is 0 Å². The van der Waals surface area contributed by atoms with Crippen molar-refractivity contribution in [2.45, 2.75) is 26.2 Å². The average molecular weight is 444 g/mol. The van der Waals surface area contributed by atoms with Gasteiger partial charge in [-0.3, -0.25) is 9.59 Å². The summed E-state index contributed by atoms with van der Waals surface area (Å²) in [5.41, 5.74) is 4.39. The number of aryl methyl sites for hydroxylation is 1. The van der Waals surface area contributed by atoms with Crippen LogP contribution < -0.4 is 15.1 Å². The molecule has 6 heteroatoms. The Hall–Kier alpha value is -3.38. The molecule has 3 aromatic rings. The summed E-state index contributed by atoms with van der Waals surface area (Å²) >= 11 is 1.46. The molecule has 1 N–H and O–H groups in total. The fourth-order valence-corrected chi connectivity index (χ4v) is 5.04. The van der Waals surface area contributed by atoms with E-state index in [1.54, 1.807) is 0 Å². The summed E-state index contributed by atoms with van der Waals surface area (Å²) in [6.07, 6.45) is 3.74. The first-order valence-electron chi connectivity index (χ1n) is 11.0. The van der Waals surface area contributed by atoms with E-state index in [4.69, 9.17) is 0 Å². The number of carbonyl (C=O) groups is 2. The molecule has 0 unspecified atom stereocenters. The number of hydrogen-bond donors (Lipinski definition) is 1. The van der Waals surface area contributed by atoms with E-state index in [0.717, 1.165) is 29.2 Å². The Kier molecular flexibility index (Phi) is 5.53. The molecule has 2 amide bonds. The Morgan fingerprint density at radius 1 is 0.812 bits per heavy atom. The predicted molar refractivity (Wildman–Crippen MR) is 131 cm³/mol. The van der Waals surface area contributed by atoms with E-state index >= 15 is 0 Å². The molecule has 2 aromatic carbocycles. The van der Waals surface area contributed by atoms with Crippen LogP contribution >= 0.6 is 11.3 Å². The quantitative estimate of drug-likeness (QED) is 0.533. The number of nitrogens with zero attached hydrogens (tertiary/aromatic N) is 2. The molecule has 2 aliphatic heterocycles. The number of thiophene rings is 1. The summed E-state index contributed by atoms with van der Waals surface area (Å²) < 4.78 is 0. The highest BCUT2D eigenvalue weighted by Gasteiger charge is 2.40. The highest BCUT2D eigenvalue weighted by atomic mass is 32.1. The van der Waals surface area contributed by atoms with Crippen LogP contribution in [0.3, 0.4) is 0 Å². The van der Waals surface area contributed by atoms with Gasteiger partial charge in [0, 0.05) is 29.3 Å². The normalized spacial score (nSPS) is 16.8. The molecule has 32 heavy (non-hydrogen) atoms. The largest absolute Gasteiger partial charge is 0.372 e. The van der Waals surface area contributed by atoms with E-state index in [1.807, 2.05) is 60.8 Å². The number of amides is 2. The molecule has 2 aliphatic rings. The van der Waals surface area contributed by atoms with Gasteiger partial charge in [-0.05, 0) is 74.0 Å². The molecule has 1 saturated heterocycles. The summed E-state index contributed by atoms with van der Waals surface area (Å²) in [7, 11) is 0. The molecule has 0 atom stereocenters. The molecule has 0 spiro atoms. The van der Waals surface area contributed by atoms with Crippen LogP contribution in [-0.2, 0) is 9.59 Å². The van der Waals surface area contributed by atoms with Gasteiger partial charge in [-0.2, -0.15) is 0 Å². The van der Waals surface area contributed by atoms with E-state index in [-0.39, 0.29) is 11.8 Å². The zero-order chi connectivity index (χ0) is 22.1. The second kappa shape index (κ2) is 8.63. The zero-order valence-corrected chi connectivity index (χ0v) is 18.8. The van der Waals surface area contributed by atoms with Crippen molar-refractivity contribution in [2.24, 2.45) is 0 Å². The van der Waals surface area contributed by atoms with Gasteiger partial charge in [-0.1, -0.05) is 23.8 Å². The molecular weight excluding hydrogens is 418 g/mol. The van der Waals surface area contributed by atoms with Crippen molar-refractivity contribution in [1.82, 2.24) is 0 Å². The van der Waals surface area contributed by atoms with Crippen molar-refractivity contribution < 1.29 is 9.59 Å². The van der Waals surface area contributed by atoms with Crippen molar-refractivity contribution in [1.29, 1.82) is 0 Å². The Morgan fingerprint density at radius 3 is 2.16 bits per heavy atom. The van der Waals surface area contributed by atoms with Crippen LogP contribution in [0.1, 0.15) is 29.7 Å². The first-order chi connectivity index (χ1) is 15.6. The highest BCUT2D eigenvalue weighted by molar-refractivity contribution is 7.11. The van der Waals surface area contributed by atoms with Gasteiger partial charge in [-0.25, -0.2) is 4.90 Å². The first-order valence-corrected chi connectivity index (χ1v) is 11.9. The third kappa shape index (κ3) is 3.82. The maximum Gasteiger partial charge on any atom is 0.282 e. The Morgan fingerprint density at radius 2 is 1.50 bits per heavy atom. The van der Waals surface area contributed by atoms with Gasteiger partial charge in [0.15, 0.2) is 0 Å². The van der Waals surface area contributed by atoms with Crippen LogP contribution in [0.15, 0.2) is 71.7 Å². The summed E-state index contributed by atoms with van der Waals surface area (Å²) in [5, 5.41) is 5.17. The van der Waals surface area contributed by atoms with E-state index in [9.17, 15) is 9.59 Å². The number of anilines is 3. The summed E-state index contributed by atoms with van der Waals surface area (Å²) in [5.74, 6) is -0.629. The van der Waals surface area contributed by atoms with Gasteiger partial charge in [0.05, 0.1) is 11.3 Å². The standard InChI is InChI=1S/C26H25N3O2S/c1-18-7-11-21(12-8-18)29-25(30)23(22-6-5-17-32-22)24(26(29)31)27-19-9-13-20(14-10-19)28-15-3-2-4-16-28/h5-14,17,27H,2-4,15-16H2,1H3. The van der Waals surface area contributed by atoms with Gasteiger partial charge in [0.25, 0.3) is 11.8 Å². The number of benzene rings is 2. The van der Waals surface area contributed by atoms with Crippen LogP contribution in [0.5, 0.6) is 0 Å². The first kappa shape index (κ1) is 20.5. The summed E-state index contributed by atoms with van der Waals surface area (Å²) in [6.45, 7) is 4.14. The molecule has 5 nitrogen and oxygen atoms in total. The fourth-order valence-electron chi connectivity index (χ4n) is 4.28. The van der Waals surface area contributed by atoms with Crippen LogP contribution in [0, 0.1) is 6.92 Å². The lowest BCUT2D eigenvalue weighted by molar-refractivity contribution is -0.120. The molecule has 0 saturated carbocycles. The highest BCUT2D eigenvalue weighted by Crippen LogP contribution is 2.35. The van der Waals surface area contributed by atoms with Crippen LogP contribution in [0.4, 0.5) is 17.1 Å². The molecule has 0 bridgehead atoms. The molecule has 0 aliphatic carbocycles. The lowest BCUT2D eigenvalue weighted by atomic mass is 10.1. The van der Waals surface area contributed by atoms with Gasteiger partial charge < -0.3 is 10.2 Å². The lowest BCUT2D eigenvalue weighted by Crippen LogP contribution is -2.32. The number of nitrogens with one attached hydrogen (secondary N) is 1. The van der Waals surface area contributed by atoms with Crippen molar-refractivity contribution >= 4 is 45.8 Å². The van der Waals surface area contributed by atoms with E-state index < -0.39 is 0 Å². The molecule has 1 fully saturated rings. The Balaban J connectivity index is 1.46. The van der Waals surface area contributed by atoms with Crippen LogP contribution in [0.25, 0.3) is 5.57 Å². The second-order valence-corrected chi connectivity index (χ2v) is 9.18. The third-order valence-corrected chi connectivity index (χ3v) is 6.89. The van der Waals surface area contributed by atoms with E-state index in [2.05, 4.69) is 22.3 Å². The van der Waals surface area contributed by atoms with Crippen molar-refractivity contribution in [3.05, 3.63) is 82.2 Å². The topological polar surface area (TPSA) is 52.7 Å². The minimum absolute atomic E-state index is 0.297.